The number of ether oxygens (including phenoxy) is 2. The molecule has 0 atom stereocenters. The van der Waals surface area contributed by atoms with Crippen molar-refractivity contribution in [2.45, 2.75) is 12.2 Å². The molecular formula is C13H15NO4S. The van der Waals surface area contributed by atoms with Gasteiger partial charge >= 0.3 is 11.9 Å². The fourth-order valence-corrected chi connectivity index (χ4v) is 1.65. The molecular weight excluding hydrogens is 266 g/mol. The summed E-state index contributed by atoms with van der Waals surface area (Å²) >= 11 is 4.19. The summed E-state index contributed by atoms with van der Waals surface area (Å²) in [7, 11) is 2.48. The molecule has 0 unspecified atom stereocenters. The monoisotopic (exact) mass is 281 g/mol. The zero-order valence-electron chi connectivity index (χ0n) is 10.8. The van der Waals surface area contributed by atoms with E-state index in [1.165, 1.54) is 14.2 Å². The van der Waals surface area contributed by atoms with Gasteiger partial charge in [0.2, 0.25) is 0 Å². The van der Waals surface area contributed by atoms with Crippen molar-refractivity contribution in [3.05, 3.63) is 29.8 Å². The maximum atomic E-state index is 11.6. The smallest absolute Gasteiger partial charge is 0.353 e. The number of methoxy groups -OCH3 is 2. The predicted molar refractivity (Wildman–Crippen MR) is 74.9 cm³/mol. The molecule has 0 aliphatic rings. The first kappa shape index (κ1) is 15.2. The van der Waals surface area contributed by atoms with Crippen LogP contribution in [-0.2, 0) is 24.8 Å². The Morgan fingerprint density at radius 3 is 2.47 bits per heavy atom. The molecule has 0 aliphatic carbocycles. The van der Waals surface area contributed by atoms with Crippen molar-refractivity contribution in [2.75, 3.05) is 14.2 Å². The van der Waals surface area contributed by atoms with E-state index in [1.54, 1.807) is 12.1 Å². The first-order valence-corrected chi connectivity index (χ1v) is 6.17. The second-order valence-electron chi connectivity index (χ2n) is 3.59. The van der Waals surface area contributed by atoms with Gasteiger partial charge in [0.15, 0.2) is 0 Å². The zero-order chi connectivity index (χ0) is 14.3. The van der Waals surface area contributed by atoms with E-state index >= 15 is 0 Å². The maximum Gasteiger partial charge on any atom is 0.353 e. The number of benzene rings is 1. The largest absolute Gasteiger partial charge is 0.469 e. The summed E-state index contributed by atoms with van der Waals surface area (Å²) < 4.78 is 9.13. The number of hydrogen-bond acceptors (Lipinski definition) is 6. The van der Waals surface area contributed by atoms with Crippen LogP contribution in [0.15, 0.2) is 29.3 Å². The SMILES string of the molecule is COC(=O)CC(=Nc1ccccc1CS)C(=O)OC. The number of carbonyl (C=O) groups excluding carboxylic acids is 2. The Hall–Kier alpha value is -1.82. The van der Waals surface area contributed by atoms with E-state index in [-0.39, 0.29) is 12.1 Å². The van der Waals surface area contributed by atoms with E-state index in [0.29, 0.717) is 11.4 Å². The summed E-state index contributed by atoms with van der Waals surface area (Å²) in [5.74, 6) is -0.723. The lowest BCUT2D eigenvalue weighted by atomic mass is 10.2. The van der Waals surface area contributed by atoms with E-state index in [9.17, 15) is 9.59 Å². The van der Waals surface area contributed by atoms with Gasteiger partial charge in [-0.05, 0) is 11.6 Å². The molecule has 0 saturated heterocycles. The van der Waals surface area contributed by atoms with E-state index < -0.39 is 11.9 Å². The van der Waals surface area contributed by atoms with Crippen LogP contribution in [0, 0.1) is 0 Å². The number of rotatable bonds is 5. The molecule has 0 saturated carbocycles. The second kappa shape index (κ2) is 7.58. The topological polar surface area (TPSA) is 65.0 Å². The summed E-state index contributed by atoms with van der Waals surface area (Å²) in [5, 5.41) is 0. The molecule has 0 N–H and O–H groups in total. The number of esters is 2. The molecule has 0 aliphatic heterocycles. The first-order chi connectivity index (χ1) is 9.12. The van der Waals surface area contributed by atoms with Crippen molar-refractivity contribution in [1.82, 2.24) is 0 Å². The van der Waals surface area contributed by atoms with Crippen molar-refractivity contribution in [3.8, 4) is 0 Å². The van der Waals surface area contributed by atoms with Gasteiger partial charge in [-0.1, -0.05) is 18.2 Å². The highest BCUT2D eigenvalue weighted by atomic mass is 32.1. The van der Waals surface area contributed by atoms with E-state index in [1.807, 2.05) is 12.1 Å². The van der Waals surface area contributed by atoms with Crippen LogP contribution in [0.5, 0.6) is 0 Å². The molecule has 0 spiro atoms. The average molecular weight is 281 g/mol. The molecule has 6 heteroatoms. The van der Waals surface area contributed by atoms with Crippen LogP contribution in [0.25, 0.3) is 0 Å². The number of thiol groups is 1. The highest BCUT2D eigenvalue weighted by molar-refractivity contribution is 7.79. The molecule has 0 fully saturated rings. The Bertz CT molecular complexity index is 499. The molecule has 5 nitrogen and oxygen atoms in total. The van der Waals surface area contributed by atoms with Crippen molar-refractivity contribution in [3.63, 3.8) is 0 Å². The molecule has 1 rings (SSSR count). The van der Waals surface area contributed by atoms with Crippen LogP contribution in [0.3, 0.4) is 0 Å². The minimum atomic E-state index is -0.653. The molecule has 0 amide bonds. The minimum absolute atomic E-state index is 0.00332. The van der Waals surface area contributed by atoms with E-state index in [0.717, 1.165) is 5.56 Å². The Morgan fingerprint density at radius 1 is 1.21 bits per heavy atom. The third-order valence-electron chi connectivity index (χ3n) is 2.38. The molecule has 0 heterocycles. The van der Waals surface area contributed by atoms with Crippen LogP contribution in [0.1, 0.15) is 12.0 Å². The van der Waals surface area contributed by atoms with Crippen LogP contribution < -0.4 is 0 Å². The fourth-order valence-electron chi connectivity index (χ4n) is 1.38. The lowest BCUT2D eigenvalue weighted by Gasteiger charge is -2.06. The molecule has 0 bridgehead atoms. The Kier molecular flexibility index (Phi) is 6.08. The summed E-state index contributed by atoms with van der Waals surface area (Å²) in [5.41, 5.74) is 1.45. The molecule has 0 radical (unpaired) electrons. The standard InChI is InChI=1S/C13H15NO4S/c1-17-12(15)7-11(13(16)18-2)14-10-6-4-3-5-9(10)8-19/h3-6,19H,7-8H2,1-2H3. The van der Waals surface area contributed by atoms with Crippen molar-refractivity contribution in [2.24, 2.45) is 4.99 Å². The molecule has 0 aromatic heterocycles. The van der Waals surface area contributed by atoms with Gasteiger partial charge in [-0.3, -0.25) is 4.79 Å². The lowest BCUT2D eigenvalue weighted by molar-refractivity contribution is -0.140. The zero-order valence-corrected chi connectivity index (χ0v) is 11.6. The van der Waals surface area contributed by atoms with Gasteiger partial charge in [-0.2, -0.15) is 12.6 Å². The van der Waals surface area contributed by atoms with Crippen LogP contribution in [0.2, 0.25) is 0 Å². The summed E-state index contributed by atoms with van der Waals surface area (Å²) in [6.07, 6.45) is -0.232. The van der Waals surface area contributed by atoms with Gasteiger partial charge in [-0.25, -0.2) is 9.79 Å². The van der Waals surface area contributed by atoms with E-state index in [4.69, 9.17) is 0 Å². The molecule has 1 aromatic rings. The first-order valence-electron chi connectivity index (χ1n) is 5.53. The van der Waals surface area contributed by atoms with Gasteiger partial charge in [0.1, 0.15) is 5.71 Å². The number of para-hydroxylation sites is 1. The van der Waals surface area contributed by atoms with Crippen LogP contribution in [-0.4, -0.2) is 31.9 Å². The second-order valence-corrected chi connectivity index (χ2v) is 3.91. The number of carbonyl (C=O) groups is 2. The highest BCUT2D eigenvalue weighted by Gasteiger charge is 2.17. The van der Waals surface area contributed by atoms with Gasteiger partial charge < -0.3 is 9.47 Å². The average Bonchev–Trinajstić information content (AvgIpc) is 2.45. The molecule has 1 aromatic carbocycles. The van der Waals surface area contributed by atoms with Gasteiger partial charge in [0.05, 0.1) is 26.3 Å². The summed E-state index contributed by atoms with van der Waals surface area (Å²) in [6.45, 7) is 0. The number of nitrogens with zero attached hydrogens (tertiary/aromatic N) is 1. The summed E-state index contributed by atoms with van der Waals surface area (Å²) in [6, 6.07) is 7.23. The van der Waals surface area contributed by atoms with Crippen LogP contribution >= 0.6 is 12.6 Å². The quantitative estimate of drug-likeness (QED) is 0.509. The third kappa shape index (κ3) is 4.40. The van der Waals surface area contributed by atoms with Crippen molar-refractivity contribution < 1.29 is 19.1 Å². The molecule has 19 heavy (non-hydrogen) atoms. The summed E-state index contributed by atoms with van der Waals surface area (Å²) in [4.78, 5) is 27.0. The fraction of sp³-hybridized carbons (Fsp3) is 0.308. The maximum absolute atomic E-state index is 11.6. The van der Waals surface area contributed by atoms with Crippen molar-refractivity contribution >= 4 is 36.0 Å². The minimum Gasteiger partial charge on any atom is -0.469 e. The normalized spacial score (nSPS) is 11.0. The number of aliphatic imine (C=N–C) groups is 1. The lowest BCUT2D eigenvalue weighted by Crippen LogP contribution is -2.20. The Morgan fingerprint density at radius 2 is 1.89 bits per heavy atom. The van der Waals surface area contributed by atoms with E-state index in [2.05, 4.69) is 27.1 Å². The van der Waals surface area contributed by atoms with Crippen LogP contribution in [0.4, 0.5) is 5.69 Å². The van der Waals surface area contributed by atoms with Gasteiger partial charge in [0.25, 0.3) is 0 Å². The predicted octanol–water partition coefficient (Wildman–Crippen LogP) is 1.92. The van der Waals surface area contributed by atoms with Gasteiger partial charge in [0, 0.05) is 5.75 Å². The Labute approximate surface area is 117 Å². The number of hydrogen-bond donors (Lipinski definition) is 1. The van der Waals surface area contributed by atoms with Crippen molar-refractivity contribution in [1.29, 1.82) is 0 Å². The Balaban J connectivity index is 3.11. The highest BCUT2D eigenvalue weighted by Crippen LogP contribution is 2.21. The third-order valence-corrected chi connectivity index (χ3v) is 2.72. The van der Waals surface area contributed by atoms with Gasteiger partial charge in [-0.15, -0.1) is 0 Å². The molecule has 102 valence electrons.